The number of carboxylic acid groups (broad SMARTS) is 2. The Morgan fingerprint density at radius 1 is 1.08 bits per heavy atom. The first-order chi connectivity index (χ1) is 12.1. The third-order valence-electron chi connectivity index (χ3n) is 4.16. The molecule has 26 heavy (non-hydrogen) atoms. The minimum Gasteiger partial charge on any atom is -0.481 e. The van der Waals surface area contributed by atoms with Crippen molar-refractivity contribution in [1.29, 1.82) is 0 Å². The van der Waals surface area contributed by atoms with Crippen molar-refractivity contribution in [1.82, 2.24) is 0 Å². The fourth-order valence-electron chi connectivity index (χ4n) is 2.75. The van der Waals surface area contributed by atoms with Crippen molar-refractivity contribution in [2.45, 2.75) is 63.1 Å². The molecular weight excluding hydrogens is 383 g/mol. The number of aryl methyl sites for hydroxylation is 1. The molecule has 1 aromatic carbocycles. The number of benzene rings is 1. The monoisotopic (exact) mass is 406 g/mol. The molecule has 0 bridgehead atoms. The van der Waals surface area contributed by atoms with Gasteiger partial charge in [0.1, 0.15) is 0 Å². The molecule has 0 aliphatic carbocycles. The summed E-state index contributed by atoms with van der Waals surface area (Å²) < 4.78 is 0. The zero-order valence-electron chi connectivity index (χ0n) is 14.3. The second kappa shape index (κ2) is 10.7. The first-order valence-electron chi connectivity index (χ1n) is 8.43. The molecule has 0 aliphatic rings. The maximum absolute atomic E-state index is 11.0. The lowest BCUT2D eigenvalue weighted by Crippen LogP contribution is -2.43. The lowest BCUT2D eigenvalue weighted by Gasteiger charge is -2.24. The molecule has 4 N–H and O–H groups in total. The number of aliphatic hydroxyl groups excluding tert-OH is 1. The van der Waals surface area contributed by atoms with Crippen LogP contribution in [0.1, 0.15) is 50.5 Å². The minimum absolute atomic E-state index is 0.302. The molecule has 0 radical (unpaired) electrons. The van der Waals surface area contributed by atoms with Gasteiger partial charge in [-0.1, -0.05) is 48.5 Å². The van der Waals surface area contributed by atoms with E-state index in [9.17, 15) is 19.8 Å². The maximum Gasteiger partial charge on any atom is 0.336 e. The summed E-state index contributed by atoms with van der Waals surface area (Å²) in [7, 11) is 0. The molecule has 0 aromatic heterocycles. The first-order valence-corrected chi connectivity index (χ1v) is 9.19. The van der Waals surface area contributed by atoms with Crippen LogP contribution in [0, 0.1) is 0 Å². The van der Waals surface area contributed by atoms with Crippen molar-refractivity contribution in [3.8, 4) is 0 Å². The van der Waals surface area contributed by atoms with Gasteiger partial charge >= 0.3 is 11.9 Å². The van der Waals surface area contributed by atoms with Crippen LogP contribution in [0.2, 0.25) is 10.0 Å². The number of halogens is 2. The number of rotatable bonds is 12. The van der Waals surface area contributed by atoms with Gasteiger partial charge in [0.2, 0.25) is 0 Å². The Morgan fingerprint density at radius 3 is 2.31 bits per heavy atom. The molecule has 8 heteroatoms. The molecule has 0 spiro atoms. The third-order valence-corrected chi connectivity index (χ3v) is 4.75. The summed E-state index contributed by atoms with van der Waals surface area (Å²) in [6, 6.07) is 5.39. The Labute approximate surface area is 162 Å². The summed E-state index contributed by atoms with van der Waals surface area (Å²) in [5.41, 5.74) is -1.42. The smallest absolute Gasteiger partial charge is 0.336 e. The fraction of sp³-hybridized carbons (Fsp3) is 0.556. The van der Waals surface area contributed by atoms with Gasteiger partial charge in [0.15, 0.2) is 5.60 Å². The van der Waals surface area contributed by atoms with Gasteiger partial charge in [-0.3, -0.25) is 4.79 Å². The van der Waals surface area contributed by atoms with E-state index in [2.05, 4.69) is 0 Å². The van der Waals surface area contributed by atoms with Gasteiger partial charge in [-0.15, -0.1) is 0 Å². The predicted molar refractivity (Wildman–Crippen MR) is 98.7 cm³/mol. The van der Waals surface area contributed by atoms with Gasteiger partial charge in [0.25, 0.3) is 0 Å². The average molecular weight is 407 g/mol. The lowest BCUT2D eigenvalue weighted by molar-refractivity contribution is -0.168. The van der Waals surface area contributed by atoms with Crippen LogP contribution >= 0.6 is 23.2 Å². The van der Waals surface area contributed by atoms with Crippen LogP contribution in [-0.4, -0.2) is 44.1 Å². The third kappa shape index (κ3) is 7.91. The molecule has 6 nitrogen and oxygen atoms in total. The minimum atomic E-state index is -2.45. The van der Waals surface area contributed by atoms with Crippen LogP contribution in [0.3, 0.4) is 0 Å². The van der Waals surface area contributed by atoms with Crippen molar-refractivity contribution in [3.63, 3.8) is 0 Å². The molecule has 2 atom stereocenters. The van der Waals surface area contributed by atoms with E-state index in [1.54, 1.807) is 12.1 Å². The normalized spacial score (nSPS) is 14.6. The average Bonchev–Trinajstić information content (AvgIpc) is 2.51. The summed E-state index contributed by atoms with van der Waals surface area (Å²) in [4.78, 5) is 21.7. The number of aliphatic hydroxyl groups is 2. The van der Waals surface area contributed by atoms with Crippen LogP contribution in [0.15, 0.2) is 18.2 Å². The van der Waals surface area contributed by atoms with Gasteiger partial charge in [-0.2, -0.15) is 0 Å². The SMILES string of the molecule is O=C(O)C[C@@](O)(C[C@@H](O)CCCCCCc1ccc(Cl)cc1Cl)C(=O)O. The molecule has 0 heterocycles. The molecule has 0 aliphatic heterocycles. The molecular formula is C18H24Cl2O6. The van der Waals surface area contributed by atoms with E-state index in [1.165, 1.54) is 0 Å². The van der Waals surface area contributed by atoms with E-state index in [4.69, 9.17) is 33.4 Å². The van der Waals surface area contributed by atoms with Gasteiger partial charge < -0.3 is 20.4 Å². The lowest BCUT2D eigenvalue weighted by atomic mass is 9.90. The molecule has 0 saturated heterocycles. The van der Waals surface area contributed by atoms with Crippen LogP contribution in [-0.2, 0) is 16.0 Å². The molecule has 1 rings (SSSR count). The zero-order chi connectivity index (χ0) is 19.7. The maximum atomic E-state index is 11.0. The number of aliphatic carboxylic acids is 2. The second-order valence-corrected chi connectivity index (χ2v) is 7.30. The molecule has 0 unspecified atom stereocenters. The predicted octanol–water partition coefficient (Wildman–Crippen LogP) is 3.53. The van der Waals surface area contributed by atoms with Crippen molar-refractivity contribution in [3.05, 3.63) is 33.8 Å². The first kappa shape index (κ1) is 22.7. The number of hydrogen-bond acceptors (Lipinski definition) is 4. The molecule has 1 aromatic rings. The molecule has 146 valence electrons. The summed E-state index contributed by atoms with van der Waals surface area (Å²) in [5.74, 6) is -3.07. The second-order valence-electron chi connectivity index (χ2n) is 6.45. The topological polar surface area (TPSA) is 115 Å². The quantitative estimate of drug-likeness (QED) is 0.394. The Hall–Kier alpha value is -1.34. The van der Waals surface area contributed by atoms with Crippen molar-refractivity contribution < 1.29 is 30.0 Å². The van der Waals surface area contributed by atoms with Crippen LogP contribution in [0.4, 0.5) is 0 Å². The highest BCUT2D eigenvalue weighted by Gasteiger charge is 2.40. The summed E-state index contributed by atoms with van der Waals surface area (Å²) in [6.07, 6.45) is 1.90. The van der Waals surface area contributed by atoms with Crippen LogP contribution in [0.25, 0.3) is 0 Å². The highest BCUT2D eigenvalue weighted by molar-refractivity contribution is 6.35. The van der Waals surface area contributed by atoms with Crippen molar-refractivity contribution >= 4 is 35.1 Å². The molecule has 0 amide bonds. The van der Waals surface area contributed by atoms with Gasteiger partial charge in [-0.05, 0) is 37.0 Å². The van der Waals surface area contributed by atoms with Crippen molar-refractivity contribution in [2.75, 3.05) is 0 Å². The van der Waals surface area contributed by atoms with Crippen LogP contribution < -0.4 is 0 Å². The van der Waals surface area contributed by atoms with E-state index in [0.29, 0.717) is 22.9 Å². The Bertz CT molecular complexity index is 622. The number of hydrogen-bond donors (Lipinski definition) is 4. The largest absolute Gasteiger partial charge is 0.481 e. The fourth-order valence-corrected chi connectivity index (χ4v) is 3.25. The van der Waals surface area contributed by atoms with E-state index >= 15 is 0 Å². The Morgan fingerprint density at radius 2 is 1.73 bits per heavy atom. The number of unbranched alkanes of at least 4 members (excludes halogenated alkanes) is 3. The van der Waals surface area contributed by atoms with Crippen molar-refractivity contribution in [2.24, 2.45) is 0 Å². The van der Waals surface area contributed by atoms with E-state index in [-0.39, 0.29) is 0 Å². The zero-order valence-corrected chi connectivity index (χ0v) is 15.8. The van der Waals surface area contributed by atoms with E-state index in [0.717, 1.165) is 31.2 Å². The number of carboxylic acids is 2. The Kier molecular flexibility index (Phi) is 9.36. The standard InChI is InChI=1S/C18H24Cl2O6/c19-13-8-7-12(15(20)9-13)5-3-1-2-4-6-14(21)10-18(26,17(24)25)11-16(22)23/h7-9,14,21,26H,1-6,10-11H2,(H,22,23)(H,24,25)/t14-,18-/m0/s1. The molecule has 0 fully saturated rings. The van der Waals surface area contributed by atoms with E-state index in [1.807, 2.05) is 6.07 Å². The summed E-state index contributed by atoms with van der Waals surface area (Å²) >= 11 is 12.0. The number of carbonyl (C=O) groups is 2. The summed E-state index contributed by atoms with van der Waals surface area (Å²) in [5, 5.41) is 38.7. The highest BCUT2D eigenvalue weighted by atomic mass is 35.5. The van der Waals surface area contributed by atoms with Crippen LogP contribution in [0.5, 0.6) is 0 Å². The Balaban J connectivity index is 2.28. The van der Waals surface area contributed by atoms with Gasteiger partial charge in [0, 0.05) is 16.5 Å². The summed E-state index contributed by atoms with van der Waals surface area (Å²) in [6.45, 7) is 0. The van der Waals surface area contributed by atoms with Gasteiger partial charge in [0.05, 0.1) is 12.5 Å². The van der Waals surface area contributed by atoms with Gasteiger partial charge in [-0.25, -0.2) is 4.79 Å². The van der Waals surface area contributed by atoms with E-state index < -0.39 is 36.5 Å². The molecule has 0 saturated carbocycles. The highest BCUT2D eigenvalue weighted by Crippen LogP contribution is 2.24.